The molecule has 0 saturated heterocycles. The van der Waals surface area contributed by atoms with E-state index in [0.717, 1.165) is 28.2 Å². The zero-order valence-electron chi connectivity index (χ0n) is 23.1. The van der Waals surface area contributed by atoms with E-state index in [1.54, 1.807) is 22.8 Å². The number of fused-ring (bicyclic) bond motifs is 1. The summed E-state index contributed by atoms with van der Waals surface area (Å²) in [5, 5.41) is 3.89. The Labute approximate surface area is 238 Å². The summed E-state index contributed by atoms with van der Waals surface area (Å²) >= 11 is 6.34. The van der Waals surface area contributed by atoms with Crippen LogP contribution in [0.5, 0.6) is 0 Å². The SMILES string of the molecule is CC(=O)NCc1cn(C(c2nc3cc(Cl)ccc3c(=O)n2Cc2ccccc2)C(C)C)c(-c2ccc(C)cc2)n1. The number of carbonyl (C=O) groups excluding carboxylic acids is 1. The van der Waals surface area contributed by atoms with Gasteiger partial charge < -0.3 is 9.88 Å². The third-order valence-corrected chi connectivity index (χ3v) is 7.17. The molecule has 0 fully saturated rings. The van der Waals surface area contributed by atoms with Crippen molar-refractivity contribution in [3.8, 4) is 11.4 Å². The van der Waals surface area contributed by atoms with Gasteiger partial charge in [0.05, 0.1) is 35.7 Å². The van der Waals surface area contributed by atoms with Crippen LogP contribution in [0.4, 0.5) is 0 Å². The minimum absolute atomic E-state index is 0.0394. The molecular formula is C32H32ClN5O2. The van der Waals surface area contributed by atoms with Crippen molar-refractivity contribution in [3.63, 3.8) is 0 Å². The van der Waals surface area contributed by atoms with Crippen molar-refractivity contribution >= 4 is 28.4 Å². The smallest absolute Gasteiger partial charge is 0.261 e. The molecule has 0 aliphatic carbocycles. The van der Waals surface area contributed by atoms with E-state index in [4.69, 9.17) is 21.6 Å². The van der Waals surface area contributed by atoms with Crippen LogP contribution in [0.25, 0.3) is 22.3 Å². The zero-order chi connectivity index (χ0) is 28.4. The molecule has 5 rings (SSSR count). The van der Waals surface area contributed by atoms with Gasteiger partial charge in [0, 0.05) is 23.7 Å². The number of rotatable bonds is 8. The van der Waals surface area contributed by atoms with Gasteiger partial charge in [-0.3, -0.25) is 14.2 Å². The molecule has 3 aromatic carbocycles. The van der Waals surface area contributed by atoms with E-state index in [-0.39, 0.29) is 23.4 Å². The predicted molar refractivity (Wildman–Crippen MR) is 159 cm³/mol. The molecule has 1 atom stereocenters. The van der Waals surface area contributed by atoms with Crippen molar-refractivity contribution in [2.45, 2.75) is 46.8 Å². The Morgan fingerprint density at radius 2 is 1.73 bits per heavy atom. The van der Waals surface area contributed by atoms with Crippen LogP contribution in [0.2, 0.25) is 5.02 Å². The van der Waals surface area contributed by atoms with Crippen LogP contribution in [0.15, 0.2) is 83.8 Å². The van der Waals surface area contributed by atoms with Gasteiger partial charge in [0.1, 0.15) is 11.6 Å². The van der Waals surface area contributed by atoms with E-state index in [9.17, 15) is 9.59 Å². The molecule has 204 valence electrons. The summed E-state index contributed by atoms with van der Waals surface area (Å²) in [5.41, 5.74) is 4.23. The highest BCUT2D eigenvalue weighted by molar-refractivity contribution is 6.31. The minimum atomic E-state index is -0.338. The first-order chi connectivity index (χ1) is 19.2. The molecule has 1 unspecified atom stereocenters. The minimum Gasteiger partial charge on any atom is -0.351 e. The van der Waals surface area contributed by atoms with E-state index < -0.39 is 0 Å². The Balaban J connectivity index is 1.76. The van der Waals surface area contributed by atoms with Gasteiger partial charge in [-0.2, -0.15) is 0 Å². The number of benzene rings is 3. The molecule has 1 N–H and O–H groups in total. The first-order valence-corrected chi connectivity index (χ1v) is 13.7. The number of halogens is 1. The van der Waals surface area contributed by atoms with Crippen molar-refractivity contribution in [3.05, 3.63) is 117 Å². The number of amides is 1. The summed E-state index contributed by atoms with van der Waals surface area (Å²) in [4.78, 5) is 35.7. The van der Waals surface area contributed by atoms with Gasteiger partial charge >= 0.3 is 0 Å². The topological polar surface area (TPSA) is 81.8 Å². The Morgan fingerprint density at radius 1 is 1.00 bits per heavy atom. The summed E-state index contributed by atoms with van der Waals surface area (Å²) in [7, 11) is 0. The van der Waals surface area contributed by atoms with Crippen LogP contribution in [0, 0.1) is 12.8 Å². The second-order valence-corrected chi connectivity index (χ2v) is 10.9. The van der Waals surface area contributed by atoms with Crippen LogP contribution in [0.1, 0.15) is 49.5 Å². The summed E-state index contributed by atoms with van der Waals surface area (Å²) in [5.74, 6) is 1.27. The zero-order valence-corrected chi connectivity index (χ0v) is 23.8. The molecule has 2 aromatic heterocycles. The Kier molecular flexibility index (Phi) is 7.85. The van der Waals surface area contributed by atoms with Gasteiger partial charge in [0.25, 0.3) is 5.56 Å². The maximum absolute atomic E-state index is 14.0. The molecule has 0 bridgehead atoms. The maximum Gasteiger partial charge on any atom is 0.261 e. The van der Waals surface area contributed by atoms with Crippen LogP contribution in [0.3, 0.4) is 0 Å². The van der Waals surface area contributed by atoms with Gasteiger partial charge in [-0.15, -0.1) is 0 Å². The number of imidazole rings is 1. The molecule has 0 saturated carbocycles. The summed E-state index contributed by atoms with van der Waals surface area (Å²) in [6, 6.07) is 22.9. The quantitative estimate of drug-likeness (QED) is 0.250. The fourth-order valence-electron chi connectivity index (χ4n) is 4.97. The molecule has 0 aliphatic heterocycles. The van der Waals surface area contributed by atoms with Crippen LogP contribution in [-0.4, -0.2) is 25.0 Å². The fourth-order valence-corrected chi connectivity index (χ4v) is 5.14. The van der Waals surface area contributed by atoms with Gasteiger partial charge in [0.15, 0.2) is 0 Å². The Hall–Kier alpha value is -4.23. The second kappa shape index (κ2) is 11.5. The molecule has 7 nitrogen and oxygen atoms in total. The standard InChI is InChI=1S/C32H32ClN5O2/c1-20(2)29(37-19-26(17-34-22(4)39)35-30(37)24-12-10-21(3)11-13-24)31-36-28-16-25(33)14-15-27(28)32(40)38(31)18-23-8-6-5-7-9-23/h5-16,19-20,29H,17-18H2,1-4H3,(H,34,39). The molecule has 5 aromatic rings. The fraction of sp³-hybridized carbons (Fsp3) is 0.250. The monoisotopic (exact) mass is 553 g/mol. The molecule has 1 amide bonds. The number of nitrogens with one attached hydrogen (secondary N) is 1. The third kappa shape index (κ3) is 5.70. The average molecular weight is 554 g/mol. The van der Waals surface area contributed by atoms with Crippen molar-refractivity contribution in [2.75, 3.05) is 0 Å². The van der Waals surface area contributed by atoms with Crippen molar-refractivity contribution < 1.29 is 4.79 Å². The van der Waals surface area contributed by atoms with E-state index in [2.05, 4.69) is 23.7 Å². The molecule has 0 spiro atoms. The second-order valence-electron chi connectivity index (χ2n) is 10.4. The number of aromatic nitrogens is 4. The summed E-state index contributed by atoms with van der Waals surface area (Å²) in [6.45, 7) is 8.42. The normalized spacial score (nSPS) is 12.2. The summed E-state index contributed by atoms with van der Waals surface area (Å²) < 4.78 is 3.86. The molecule has 8 heteroatoms. The first-order valence-electron chi connectivity index (χ1n) is 13.3. The highest BCUT2D eigenvalue weighted by Gasteiger charge is 2.28. The maximum atomic E-state index is 14.0. The van der Waals surface area contributed by atoms with Crippen LogP contribution < -0.4 is 10.9 Å². The van der Waals surface area contributed by atoms with Crippen LogP contribution >= 0.6 is 11.6 Å². The lowest BCUT2D eigenvalue weighted by molar-refractivity contribution is -0.119. The van der Waals surface area contributed by atoms with E-state index in [1.165, 1.54) is 6.92 Å². The Bertz CT molecular complexity index is 1720. The third-order valence-electron chi connectivity index (χ3n) is 6.94. The number of hydrogen-bond donors (Lipinski definition) is 1. The van der Waals surface area contributed by atoms with E-state index in [1.807, 2.05) is 67.7 Å². The molecular weight excluding hydrogens is 522 g/mol. The number of aryl methyl sites for hydroxylation is 1. The largest absolute Gasteiger partial charge is 0.351 e. The van der Waals surface area contributed by atoms with Crippen molar-refractivity contribution in [1.82, 2.24) is 24.4 Å². The first kappa shape index (κ1) is 27.3. The number of carbonyl (C=O) groups is 1. The van der Waals surface area contributed by atoms with E-state index >= 15 is 0 Å². The molecule has 0 aliphatic rings. The lowest BCUT2D eigenvalue weighted by Crippen LogP contribution is -2.31. The lowest BCUT2D eigenvalue weighted by atomic mass is 10.0. The van der Waals surface area contributed by atoms with Crippen LogP contribution in [-0.2, 0) is 17.9 Å². The lowest BCUT2D eigenvalue weighted by Gasteiger charge is -2.27. The number of hydrogen-bond acceptors (Lipinski definition) is 4. The van der Waals surface area contributed by atoms with Gasteiger partial charge in [-0.05, 0) is 36.6 Å². The van der Waals surface area contributed by atoms with E-state index in [0.29, 0.717) is 34.8 Å². The Morgan fingerprint density at radius 3 is 2.40 bits per heavy atom. The number of nitrogens with zero attached hydrogens (tertiary/aromatic N) is 4. The highest BCUT2D eigenvalue weighted by Crippen LogP contribution is 2.32. The van der Waals surface area contributed by atoms with Gasteiger partial charge in [0.2, 0.25) is 5.91 Å². The van der Waals surface area contributed by atoms with Gasteiger partial charge in [-0.1, -0.05) is 85.6 Å². The molecule has 40 heavy (non-hydrogen) atoms. The average Bonchev–Trinajstić information content (AvgIpc) is 3.34. The molecule has 2 heterocycles. The molecule has 0 radical (unpaired) electrons. The predicted octanol–water partition coefficient (Wildman–Crippen LogP) is 6.15. The van der Waals surface area contributed by atoms with Gasteiger partial charge in [-0.25, -0.2) is 9.97 Å². The van der Waals surface area contributed by atoms with Crippen molar-refractivity contribution in [1.29, 1.82) is 0 Å². The summed E-state index contributed by atoms with van der Waals surface area (Å²) in [6.07, 6.45) is 1.96. The van der Waals surface area contributed by atoms with Crippen molar-refractivity contribution in [2.24, 2.45) is 5.92 Å². The highest BCUT2D eigenvalue weighted by atomic mass is 35.5.